The maximum absolute atomic E-state index is 12.6. The first kappa shape index (κ1) is 18.0. The van der Waals surface area contributed by atoms with Crippen molar-refractivity contribution in [3.05, 3.63) is 29.8 Å². The summed E-state index contributed by atoms with van der Waals surface area (Å²) in [5.41, 5.74) is 3.87. The van der Waals surface area contributed by atoms with Gasteiger partial charge in [0.1, 0.15) is 0 Å². The van der Waals surface area contributed by atoms with Crippen molar-refractivity contribution < 1.29 is 26.4 Å². The zero-order valence-electron chi connectivity index (χ0n) is 11.2. The number of nitrogens with two attached hydrogens (primary N) is 1. The van der Waals surface area contributed by atoms with Gasteiger partial charge < -0.3 is 5.73 Å². The molecule has 0 aliphatic carbocycles. The molecule has 0 saturated carbocycles. The van der Waals surface area contributed by atoms with E-state index in [0.29, 0.717) is 6.07 Å². The van der Waals surface area contributed by atoms with Crippen molar-refractivity contribution >= 4 is 15.9 Å². The lowest BCUT2D eigenvalue weighted by molar-refractivity contribution is -0.137. The molecule has 0 bridgehead atoms. The molecule has 1 aromatic rings. The molecule has 0 aliphatic rings. The molecule has 1 amide bonds. The molecule has 5 nitrogen and oxygen atoms in total. The molecule has 120 valence electrons. The first-order valence-electron chi connectivity index (χ1n) is 5.97. The predicted molar refractivity (Wildman–Crippen MR) is 72.8 cm³/mol. The van der Waals surface area contributed by atoms with Crippen molar-refractivity contribution in [2.45, 2.75) is 30.0 Å². The van der Waals surface area contributed by atoms with Crippen LogP contribution in [0.2, 0.25) is 0 Å². The second-order valence-corrected chi connectivity index (χ2v) is 6.14. The number of alkyl halides is 3. The summed E-state index contributed by atoms with van der Waals surface area (Å²) >= 11 is 0. The van der Waals surface area contributed by atoms with Crippen LogP contribution in [0.25, 0.3) is 0 Å². The molecule has 3 N–H and O–H groups in total. The van der Waals surface area contributed by atoms with E-state index >= 15 is 0 Å². The molecule has 22 heavy (non-hydrogen) atoms. The van der Waals surface area contributed by atoms with Crippen LogP contribution in [0.1, 0.15) is 18.4 Å². The quantitative estimate of drug-likeness (QED) is 0.767. The van der Waals surface area contributed by atoms with Gasteiger partial charge in [-0.3, -0.25) is 4.79 Å². The standard InChI is InChI=1S/C13H13F3N2O3S/c1-2-4-10(8-12(17)19)18-22(20,21)11-6-3-5-9(7-11)13(14,15)16/h1,3,5-7,10,18H,4,8H2,(H2,17,19). The van der Waals surface area contributed by atoms with Crippen LogP contribution in [0.3, 0.4) is 0 Å². The summed E-state index contributed by atoms with van der Waals surface area (Å²) in [4.78, 5) is 10.3. The fraction of sp³-hybridized carbons (Fsp3) is 0.308. The summed E-state index contributed by atoms with van der Waals surface area (Å²) in [6.07, 6.45) is -0.0941. The Balaban J connectivity index is 3.08. The number of amides is 1. The molecule has 0 aliphatic heterocycles. The van der Waals surface area contributed by atoms with Crippen molar-refractivity contribution in [2.75, 3.05) is 0 Å². The molecule has 0 radical (unpaired) electrons. The molecule has 0 aromatic heterocycles. The fourth-order valence-electron chi connectivity index (χ4n) is 1.67. The number of rotatable bonds is 6. The van der Waals surface area contributed by atoms with Gasteiger partial charge in [-0.05, 0) is 18.2 Å². The SMILES string of the molecule is C#CCC(CC(N)=O)NS(=O)(=O)c1cccc(C(F)(F)F)c1. The van der Waals surface area contributed by atoms with Gasteiger partial charge in [0.2, 0.25) is 15.9 Å². The van der Waals surface area contributed by atoms with E-state index in [-0.39, 0.29) is 12.8 Å². The number of nitrogens with one attached hydrogen (secondary N) is 1. The highest BCUT2D eigenvalue weighted by atomic mass is 32.2. The first-order valence-corrected chi connectivity index (χ1v) is 7.46. The van der Waals surface area contributed by atoms with E-state index < -0.39 is 38.6 Å². The lowest BCUT2D eigenvalue weighted by Gasteiger charge is -2.16. The van der Waals surface area contributed by atoms with Crippen molar-refractivity contribution in [1.82, 2.24) is 4.72 Å². The number of benzene rings is 1. The van der Waals surface area contributed by atoms with E-state index in [0.717, 1.165) is 18.2 Å². The third-order valence-corrected chi connectivity index (χ3v) is 4.12. The second-order valence-electron chi connectivity index (χ2n) is 4.42. The predicted octanol–water partition coefficient (Wildman–Crippen LogP) is 1.25. The largest absolute Gasteiger partial charge is 0.416 e. The number of primary amides is 1. The van der Waals surface area contributed by atoms with Crippen LogP contribution in [0.4, 0.5) is 13.2 Å². The molecule has 1 aromatic carbocycles. The van der Waals surface area contributed by atoms with E-state index in [4.69, 9.17) is 12.2 Å². The molecule has 1 atom stereocenters. The van der Waals surface area contributed by atoms with Crippen molar-refractivity contribution in [3.63, 3.8) is 0 Å². The minimum absolute atomic E-state index is 0.124. The molecular formula is C13H13F3N2O3S. The van der Waals surface area contributed by atoms with E-state index in [1.165, 1.54) is 0 Å². The summed E-state index contributed by atoms with van der Waals surface area (Å²) in [6, 6.07) is 2.25. The minimum atomic E-state index is -4.67. The molecule has 1 rings (SSSR count). The highest BCUT2D eigenvalue weighted by Crippen LogP contribution is 2.30. The van der Waals surface area contributed by atoms with Gasteiger partial charge >= 0.3 is 6.18 Å². The summed E-state index contributed by atoms with van der Waals surface area (Å²) in [5.74, 6) is 1.38. The number of carbonyl (C=O) groups excluding carboxylic acids is 1. The van der Waals surface area contributed by atoms with Crippen molar-refractivity contribution in [3.8, 4) is 12.3 Å². The average Bonchev–Trinajstić information content (AvgIpc) is 2.37. The summed E-state index contributed by atoms with van der Waals surface area (Å²) < 4.78 is 64.1. The Kier molecular flexibility index (Phi) is 5.57. The van der Waals surface area contributed by atoms with Gasteiger partial charge in [-0.2, -0.15) is 13.2 Å². The number of carbonyl (C=O) groups is 1. The lowest BCUT2D eigenvalue weighted by Crippen LogP contribution is -2.37. The van der Waals surface area contributed by atoms with E-state index in [1.807, 2.05) is 0 Å². The number of terminal acetylenes is 1. The number of sulfonamides is 1. The van der Waals surface area contributed by atoms with Crippen LogP contribution in [0.15, 0.2) is 29.2 Å². The Hall–Kier alpha value is -2.05. The lowest BCUT2D eigenvalue weighted by atomic mass is 10.1. The first-order chi connectivity index (χ1) is 10.1. The maximum Gasteiger partial charge on any atom is 0.416 e. The van der Waals surface area contributed by atoms with Crippen LogP contribution in [0.5, 0.6) is 0 Å². The van der Waals surface area contributed by atoms with Crippen molar-refractivity contribution in [2.24, 2.45) is 5.73 Å². The number of hydrogen-bond donors (Lipinski definition) is 2. The smallest absolute Gasteiger partial charge is 0.370 e. The third-order valence-electron chi connectivity index (χ3n) is 2.61. The number of hydrogen-bond acceptors (Lipinski definition) is 3. The van der Waals surface area contributed by atoms with E-state index in [1.54, 1.807) is 0 Å². The molecule has 0 fully saturated rings. The van der Waals surface area contributed by atoms with Crippen LogP contribution in [-0.2, 0) is 21.0 Å². The zero-order valence-corrected chi connectivity index (χ0v) is 12.0. The van der Waals surface area contributed by atoms with Crippen molar-refractivity contribution in [1.29, 1.82) is 0 Å². The Bertz CT molecular complexity index is 693. The van der Waals surface area contributed by atoms with Crippen LogP contribution >= 0.6 is 0 Å². The van der Waals surface area contributed by atoms with Gasteiger partial charge in [0.25, 0.3) is 0 Å². The monoisotopic (exact) mass is 334 g/mol. The average molecular weight is 334 g/mol. The van der Waals surface area contributed by atoms with Gasteiger partial charge in [0.15, 0.2) is 0 Å². The molecule has 0 heterocycles. The summed E-state index contributed by atoms with van der Waals surface area (Å²) in [7, 11) is -4.26. The zero-order chi connectivity index (χ0) is 17.0. The van der Waals surface area contributed by atoms with Crippen LogP contribution < -0.4 is 10.5 Å². The Morgan fingerprint density at radius 1 is 1.41 bits per heavy atom. The molecule has 1 unspecified atom stereocenters. The molecule has 0 saturated heterocycles. The fourth-order valence-corrected chi connectivity index (χ4v) is 2.95. The minimum Gasteiger partial charge on any atom is -0.370 e. The van der Waals surface area contributed by atoms with Crippen LogP contribution in [0, 0.1) is 12.3 Å². The molecule has 0 spiro atoms. The Morgan fingerprint density at radius 3 is 2.55 bits per heavy atom. The van der Waals surface area contributed by atoms with Gasteiger partial charge in [-0.15, -0.1) is 12.3 Å². The van der Waals surface area contributed by atoms with Gasteiger partial charge in [0, 0.05) is 18.9 Å². The van der Waals surface area contributed by atoms with Gasteiger partial charge in [-0.25, -0.2) is 13.1 Å². The van der Waals surface area contributed by atoms with Gasteiger partial charge in [-0.1, -0.05) is 6.07 Å². The highest BCUT2D eigenvalue weighted by molar-refractivity contribution is 7.89. The topological polar surface area (TPSA) is 89.3 Å². The Morgan fingerprint density at radius 2 is 2.05 bits per heavy atom. The molecular weight excluding hydrogens is 321 g/mol. The summed E-state index contributed by atoms with van der Waals surface area (Å²) in [6.45, 7) is 0. The van der Waals surface area contributed by atoms with Gasteiger partial charge in [0.05, 0.1) is 10.5 Å². The molecule has 9 heteroatoms. The normalized spacial score (nSPS) is 13.4. The highest BCUT2D eigenvalue weighted by Gasteiger charge is 2.32. The summed E-state index contributed by atoms with van der Waals surface area (Å²) in [5, 5.41) is 0. The second kappa shape index (κ2) is 6.81. The van der Waals surface area contributed by atoms with Crippen LogP contribution in [-0.4, -0.2) is 20.4 Å². The number of halogens is 3. The van der Waals surface area contributed by atoms with E-state index in [2.05, 4.69) is 10.6 Å². The maximum atomic E-state index is 12.6. The third kappa shape index (κ3) is 5.05. The van der Waals surface area contributed by atoms with E-state index in [9.17, 15) is 26.4 Å². The Labute approximate surface area is 125 Å².